The summed E-state index contributed by atoms with van der Waals surface area (Å²) >= 11 is 0. The molecule has 3 fully saturated rings. The van der Waals surface area contributed by atoms with Gasteiger partial charge in [0.25, 0.3) is 0 Å². The van der Waals surface area contributed by atoms with Crippen LogP contribution in [0.15, 0.2) is 18.3 Å². The molecule has 1 aliphatic heterocycles. The number of nitrogens with zero attached hydrogens (tertiary/aromatic N) is 4. The van der Waals surface area contributed by atoms with Crippen molar-refractivity contribution in [2.24, 2.45) is 17.8 Å². The highest BCUT2D eigenvalue weighted by atomic mass is 19.3. The molecule has 7 nitrogen and oxygen atoms in total. The lowest BCUT2D eigenvalue weighted by Crippen LogP contribution is -2.52. The van der Waals surface area contributed by atoms with Gasteiger partial charge < -0.3 is 15.6 Å². The molecule has 0 radical (unpaired) electrons. The number of nitrogen functional groups attached to an aromatic ring is 1. The predicted molar refractivity (Wildman–Crippen MR) is 112 cm³/mol. The fraction of sp³-hybridized carbons (Fsp3) is 0.636. The largest absolute Gasteiger partial charge is 0.431 e. The molecular formula is C22H29F2N5O2. The van der Waals surface area contributed by atoms with Gasteiger partial charge in [-0.05, 0) is 50.7 Å². The Morgan fingerprint density at radius 2 is 1.94 bits per heavy atom. The third-order valence-electron chi connectivity index (χ3n) is 7.17. The van der Waals surface area contributed by atoms with Crippen molar-refractivity contribution < 1.29 is 18.6 Å². The van der Waals surface area contributed by atoms with Crippen LogP contribution in [0.1, 0.15) is 44.3 Å². The third kappa shape index (κ3) is 3.67. The molecule has 2 aromatic rings. The van der Waals surface area contributed by atoms with E-state index in [0.29, 0.717) is 47.6 Å². The number of nitrogens with two attached hydrogens (primary N) is 1. The van der Waals surface area contributed by atoms with Gasteiger partial charge in [-0.15, -0.1) is 0 Å². The predicted octanol–water partition coefficient (Wildman–Crippen LogP) is 3.13. The molecule has 0 bridgehead atoms. The highest BCUT2D eigenvalue weighted by Gasteiger charge is 2.59. The van der Waals surface area contributed by atoms with Crippen LogP contribution in [0, 0.1) is 17.8 Å². The van der Waals surface area contributed by atoms with Crippen LogP contribution in [-0.2, 0) is 0 Å². The summed E-state index contributed by atoms with van der Waals surface area (Å²) in [5.41, 5.74) is 8.20. The minimum atomic E-state index is -2.96. The Balaban J connectivity index is 1.34. The van der Waals surface area contributed by atoms with Crippen LogP contribution in [0.25, 0.3) is 11.3 Å². The lowest BCUT2D eigenvalue weighted by molar-refractivity contribution is -0.0494. The highest BCUT2D eigenvalue weighted by Crippen LogP contribution is 2.64. The number of aliphatic hydroxyl groups is 1. The lowest BCUT2D eigenvalue weighted by atomic mass is 9.94. The first-order valence-corrected chi connectivity index (χ1v) is 11.0. The average Bonchev–Trinajstić information content (AvgIpc) is 3.05. The topological polar surface area (TPSA) is 89.4 Å². The molecule has 4 atom stereocenters. The van der Waals surface area contributed by atoms with Crippen molar-refractivity contribution in [2.75, 3.05) is 25.4 Å². The van der Waals surface area contributed by atoms with Crippen molar-refractivity contribution in [3.8, 4) is 17.0 Å². The van der Waals surface area contributed by atoms with Gasteiger partial charge in [-0.25, -0.2) is 4.98 Å². The summed E-state index contributed by atoms with van der Waals surface area (Å²) in [4.78, 5) is 6.53. The molecule has 31 heavy (non-hydrogen) atoms. The van der Waals surface area contributed by atoms with E-state index >= 15 is 0 Å². The van der Waals surface area contributed by atoms with Crippen LogP contribution in [0.4, 0.5) is 14.6 Å². The van der Waals surface area contributed by atoms with Crippen LogP contribution in [0.5, 0.6) is 5.75 Å². The number of anilines is 1. The van der Waals surface area contributed by atoms with Crippen molar-refractivity contribution in [1.29, 1.82) is 0 Å². The molecule has 9 heteroatoms. The number of aliphatic hydroxyl groups excluding tert-OH is 1. The molecule has 3 heterocycles. The van der Waals surface area contributed by atoms with E-state index in [0.717, 1.165) is 13.1 Å². The van der Waals surface area contributed by atoms with Crippen LogP contribution in [0.2, 0.25) is 0 Å². The van der Waals surface area contributed by atoms with Crippen LogP contribution < -0.4 is 10.5 Å². The maximum absolute atomic E-state index is 12.7. The Bertz CT molecular complexity index is 947. The monoisotopic (exact) mass is 433 g/mol. The molecular weight excluding hydrogens is 404 g/mol. The van der Waals surface area contributed by atoms with Crippen molar-refractivity contribution >= 4 is 5.82 Å². The molecule has 3 N–H and O–H groups in total. The fourth-order valence-corrected chi connectivity index (χ4v) is 5.57. The van der Waals surface area contributed by atoms with E-state index in [-0.39, 0.29) is 17.6 Å². The lowest BCUT2D eigenvalue weighted by Gasteiger charge is -2.43. The van der Waals surface area contributed by atoms with Gasteiger partial charge in [0.05, 0.1) is 5.69 Å². The number of pyridine rings is 1. The second-order valence-electron chi connectivity index (χ2n) is 9.46. The van der Waals surface area contributed by atoms with Gasteiger partial charge in [-0.1, -0.05) is 0 Å². The zero-order valence-corrected chi connectivity index (χ0v) is 17.8. The molecule has 168 valence electrons. The molecule has 2 aromatic heterocycles. The summed E-state index contributed by atoms with van der Waals surface area (Å²) in [6.45, 7) is 3.57. The van der Waals surface area contributed by atoms with Gasteiger partial charge >= 0.3 is 6.61 Å². The highest BCUT2D eigenvalue weighted by molar-refractivity contribution is 5.64. The second kappa shape index (κ2) is 7.70. The third-order valence-corrected chi connectivity index (χ3v) is 7.17. The quantitative estimate of drug-likeness (QED) is 0.697. The normalized spacial score (nSPS) is 28.2. The number of halogens is 2. The molecule has 0 aromatic carbocycles. The van der Waals surface area contributed by atoms with Gasteiger partial charge in [0.2, 0.25) is 0 Å². The number of hydrogen-bond acceptors (Lipinski definition) is 6. The maximum Gasteiger partial charge on any atom is 0.387 e. The molecule has 2 unspecified atom stereocenters. The van der Waals surface area contributed by atoms with Crippen molar-refractivity contribution in [2.45, 2.75) is 51.3 Å². The minimum absolute atomic E-state index is 0.0650. The summed E-state index contributed by atoms with van der Waals surface area (Å²) in [7, 11) is 0. The Labute approximate surface area is 180 Å². The van der Waals surface area contributed by atoms with E-state index in [9.17, 15) is 13.9 Å². The van der Waals surface area contributed by atoms with Crippen molar-refractivity contribution in [3.05, 3.63) is 24.0 Å². The number of ether oxygens (including phenoxy) is 1. The number of rotatable bonds is 7. The zero-order chi connectivity index (χ0) is 21.9. The standard InChI is InChI=1S/C22H29F2N5O2/c1-11(2)29-18(20-15-4-14(5-16(15)20)28-8-12(9-28)10-30)6-17(27-29)13-3-19(31-22(23)24)21(25)26-7-13/h3,6-7,11-12,14-16,20,22,30H,4-5,8-10H2,1-2H3,(H2,25,26)/t14?,15-,16+,20?. The van der Waals surface area contributed by atoms with Crippen molar-refractivity contribution in [3.63, 3.8) is 0 Å². The van der Waals surface area contributed by atoms with Crippen LogP contribution >= 0.6 is 0 Å². The van der Waals surface area contributed by atoms with Crippen LogP contribution in [0.3, 0.4) is 0 Å². The van der Waals surface area contributed by atoms with E-state index in [1.54, 1.807) is 6.20 Å². The summed E-state index contributed by atoms with van der Waals surface area (Å²) in [5, 5.41) is 14.0. The maximum atomic E-state index is 12.7. The number of fused-ring (bicyclic) bond motifs is 1. The Hall–Kier alpha value is -2.26. The molecule has 2 saturated carbocycles. The van der Waals surface area contributed by atoms with E-state index < -0.39 is 6.61 Å². The number of aromatic nitrogens is 3. The molecule has 1 saturated heterocycles. The molecule has 0 amide bonds. The SMILES string of the molecule is CC(C)n1nc(-c2cnc(N)c(OC(F)F)c2)cc1C1[C@H]2CC(N3CC(CO)C3)C[C@@H]12. The Morgan fingerprint density at radius 3 is 2.55 bits per heavy atom. The average molecular weight is 434 g/mol. The van der Waals surface area contributed by atoms with Gasteiger partial charge in [0, 0.05) is 61.1 Å². The second-order valence-corrected chi connectivity index (χ2v) is 9.46. The zero-order valence-electron chi connectivity index (χ0n) is 17.8. The summed E-state index contributed by atoms with van der Waals surface area (Å²) < 4.78 is 31.9. The van der Waals surface area contributed by atoms with E-state index in [2.05, 4.69) is 39.2 Å². The summed E-state index contributed by atoms with van der Waals surface area (Å²) in [5.74, 6) is 2.09. The van der Waals surface area contributed by atoms with E-state index in [1.165, 1.54) is 24.6 Å². The first kappa shape index (κ1) is 20.6. The molecule has 2 aliphatic carbocycles. The van der Waals surface area contributed by atoms with Gasteiger partial charge in [0.15, 0.2) is 11.6 Å². The van der Waals surface area contributed by atoms with Gasteiger partial charge in [-0.2, -0.15) is 13.9 Å². The van der Waals surface area contributed by atoms with E-state index in [4.69, 9.17) is 10.8 Å². The summed E-state index contributed by atoms with van der Waals surface area (Å²) in [6.07, 6.45) is 3.94. The number of hydrogen-bond donors (Lipinski definition) is 2. The smallest absolute Gasteiger partial charge is 0.387 e. The fourth-order valence-electron chi connectivity index (χ4n) is 5.57. The van der Waals surface area contributed by atoms with Crippen molar-refractivity contribution in [1.82, 2.24) is 19.7 Å². The minimum Gasteiger partial charge on any atom is -0.431 e. The number of alkyl halides is 2. The summed E-state index contributed by atoms with van der Waals surface area (Å²) in [6, 6.07) is 4.39. The molecule has 5 rings (SSSR count). The molecule has 3 aliphatic rings. The first-order valence-electron chi connectivity index (χ1n) is 11.0. The number of likely N-dealkylation sites (tertiary alicyclic amines) is 1. The Kier molecular flexibility index (Phi) is 5.13. The Morgan fingerprint density at radius 1 is 1.23 bits per heavy atom. The van der Waals surface area contributed by atoms with E-state index in [1.807, 2.05) is 0 Å². The first-order chi connectivity index (χ1) is 14.9. The molecule has 0 spiro atoms. The van der Waals surface area contributed by atoms with Crippen LogP contribution in [-0.4, -0.2) is 57.1 Å². The van der Waals surface area contributed by atoms with Gasteiger partial charge in [-0.3, -0.25) is 9.58 Å². The van der Waals surface area contributed by atoms with Gasteiger partial charge in [0.1, 0.15) is 0 Å².